The first kappa shape index (κ1) is 8.94. The van der Waals surface area contributed by atoms with Gasteiger partial charge < -0.3 is 10.6 Å². The molecule has 2 N–H and O–H groups in total. The van der Waals surface area contributed by atoms with E-state index in [1.807, 2.05) is 0 Å². The van der Waals surface area contributed by atoms with Gasteiger partial charge in [0, 0.05) is 6.54 Å². The van der Waals surface area contributed by atoms with Gasteiger partial charge in [0.1, 0.15) is 6.17 Å². The van der Waals surface area contributed by atoms with Crippen LogP contribution in [0.25, 0.3) is 0 Å². The third-order valence-electron chi connectivity index (χ3n) is 1.96. The standard InChI is InChI=1S/C4H8FN.C4H9N/c5-4-1-2-6-3-4;1-2-4-5-3-1/h4,6H,1-3H2;5H,1-4H2/t4-;/m1./s1. The minimum absolute atomic E-state index is 0.565. The predicted molar refractivity (Wildman–Crippen MR) is 44.5 cm³/mol. The number of rotatable bonds is 0. The summed E-state index contributed by atoms with van der Waals surface area (Å²) in [6.45, 7) is 3.93. The zero-order valence-electron chi connectivity index (χ0n) is 6.91. The molecule has 2 aliphatic rings. The van der Waals surface area contributed by atoms with Crippen molar-refractivity contribution in [2.45, 2.75) is 25.4 Å². The molecule has 0 aromatic carbocycles. The molecule has 0 spiro atoms. The van der Waals surface area contributed by atoms with Crippen LogP contribution in [0.15, 0.2) is 0 Å². The summed E-state index contributed by atoms with van der Waals surface area (Å²) in [6.07, 6.45) is 2.92. The molecule has 11 heavy (non-hydrogen) atoms. The average Bonchev–Trinajstić information content (AvgIpc) is 2.57. The van der Waals surface area contributed by atoms with Crippen LogP contribution in [-0.2, 0) is 0 Å². The van der Waals surface area contributed by atoms with Crippen LogP contribution in [0.5, 0.6) is 0 Å². The summed E-state index contributed by atoms with van der Waals surface area (Å²) < 4.78 is 11.9. The predicted octanol–water partition coefficient (Wildman–Crippen LogP) is 0.688. The van der Waals surface area contributed by atoms with Crippen LogP contribution in [0.4, 0.5) is 4.39 Å². The molecule has 2 saturated heterocycles. The lowest BCUT2D eigenvalue weighted by molar-refractivity contribution is 0.361. The maximum absolute atomic E-state index is 11.9. The van der Waals surface area contributed by atoms with E-state index in [1.54, 1.807) is 0 Å². The van der Waals surface area contributed by atoms with Gasteiger partial charge in [-0.05, 0) is 38.9 Å². The highest BCUT2D eigenvalue weighted by atomic mass is 19.1. The molecule has 0 amide bonds. The van der Waals surface area contributed by atoms with Gasteiger partial charge in [-0.3, -0.25) is 0 Å². The normalized spacial score (nSPS) is 29.7. The molecule has 2 heterocycles. The zero-order chi connectivity index (χ0) is 7.94. The second-order valence-electron chi connectivity index (χ2n) is 3.05. The van der Waals surface area contributed by atoms with Crippen molar-refractivity contribution in [3.8, 4) is 0 Å². The molecule has 0 saturated carbocycles. The Morgan fingerprint density at radius 3 is 1.91 bits per heavy atom. The average molecular weight is 160 g/mol. The van der Waals surface area contributed by atoms with Crippen molar-refractivity contribution in [1.29, 1.82) is 0 Å². The van der Waals surface area contributed by atoms with Crippen LogP contribution in [0.3, 0.4) is 0 Å². The molecule has 0 unspecified atom stereocenters. The second kappa shape index (κ2) is 5.49. The van der Waals surface area contributed by atoms with Crippen LogP contribution in [0.2, 0.25) is 0 Å². The van der Waals surface area contributed by atoms with Gasteiger partial charge in [0.25, 0.3) is 0 Å². The number of alkyl halides is 1. The fourth-order valence-electron chi connectivity index (χ4n) is 1.24. The number of nitrogens with one attached hydrogen (secondary N) is 2. The van der Waals surface area contributed by atoms with E-state index in [1.165, 1.54) is 25.9 Å². The molecular weight excluding hydrogens is 143 g/mol. The molecule has 0 radical (unpaired) electrons. The van der Waals surface area contributed by atoms with Crippen molar-refractivity contribution in [3.05, 3.63) is 0 Å². The van der Waals surface area contributed by atoms with Crippen LogP contribution in [0.1, 0.15) is 19.3 Å². The minimum Gasteiger partial charge on any atom is -0.317 e. The molecule has 2 nitrogen and oxygen atoms in total. The zero-order valence-corrected chi connectivity index (χ0v) is 6.91. The molecule has 2 fully saturated rings. The second-order valence-corrected chi connectivity index (χ2v) is 3.05. The summed E-state index contributed by atoms with van der Waals surface area (Å²) >= 11 is 0. The Balaban J connectivity index is 0.000000112. The van der Waals surface area contributed by atoms with Gasteiger partial charge in [-0.15, -0.1) is 0 Å². The topological polar surface area (TPSA) is 24.1 Å². The number of hydrogen-bond donors (Lipinski definition) is 2. The van der Waals surface area contributed by atoms with Crippen molar-refractivity contribution in [1.82, 2.24) is 10.6 Å². The molecule has 0 aromatic rings. The van der Waals surface area contributed by atoms with Crippen LogP contribution >= 0.6 is 0 Å². The van der Waals surface area contributed by atoms with Gasteiger partial charge in [0.05, 0.1) is 0 Å². The van der Waals surface area contributed by atoms with Crippen LogP contribution in [0, 0.1) is 0 Å². The Morgan fingerprint density at radius 2 is 1.73 bits per heavy atom. The SMILES string of the molecule is C1CCNC1.F[C@@H]1CCNC1. The lowest BCUT2D eigenvalue weighted by Crippen LogP contribution is -2.08. The Morgan fingerprint density at radius 1 is 1.00 bits per heavy atom. The monoisotopic (exact) mass is 160 g/mol. The van der Waals surface area contributed by atoms with E-state index in [0.29, 0.717) is 13.0 Å². The number of hydrogen-bond acceptors (Lipinski definition) is 2. The summed E-state index contributed by atoms with van der Waals surface area (Å²) in [7, 11) is 0. The van der Waals surface area contributed by atoms with Crippen molar-refractivity contribution in [2.75, 3.05) is 26.2 Å². The Hall–Kier alpha value is -0.150. The van der Waals surface area contributed by atoms with Crippen molar-refractivity contribution in [3.63, 3.8) is 0 Å². The van der Waals surface area contributed by atoms with Crippen LogP contribution < -0.4 is 10.6 Å². The number of halogens is 1. The Bertz CT molecular complexity index is 80.5. The third kappa shape index (κ3) is 4.32. The summed E-state index contributed by atoms with van der Waals surface area (Å²) in [5, 5.41) is 6.12. The Kier molecular flexibility index (Phi) is 4.47. The molecule has 2 aliphatic heterocycles. The maximum atomic E-state index is 11.9. The Labute approximate surface area is 67.6 Å². The fourth-order valence-corrected chi connectivity index (χ4v) is 1.24. The van der Waals surface area contributed by atoms with E-state index in [2.05, 4.69) is 10.6 Å². The molecule has 1 atom stereocenters. The highest BCUT2D eigenvalue weighted by Crippen LogP contribution is 1.99. The largest absolute Gasteiger partial charge is 0.317 e. The molecular formula is C8H17FN2. The third-order valence-corrected chi connectivity index (χ3v) is 1.96. The lowest BCUT2D eigenvalue weighted by atomic mass is 10.4. The first-order chi connectivity index (χ1) is 5.39. The van der Waals surface area contributed by atoms with Gasteiger partial charge in [0.15, 0.2) is 0 Å². The van der Waals surface area contributed by atoms with E-state index in [4.69, 9.17) is 0 Å². The maximum Gasteiger partial charge on any atom is 0.114 e. The quantitative estimate of drug-likeness (QED) is 0.545. The van der Waals surface area contributed by atoms with Gasteiger partial charge in [-0.2, -0.15) is 0 Å². The molecule has 0 aliphatic carbocycles. The fraction of sp³-hybridized carbons (Fsp3) is 1.00. The summed E-state index contributed by atoms with van der Waals surface area (Å²) in [5.74, 6) is 0. The van der Waals surface area contributed by atoms with Crippen molar-refractivity contribution in [2.24, 2.45) is 0 Å². The van der Waals surface area contributed by atoms with Gasteiger partial charge in [0.2, 0.25) is 0 Å². The van der Waals surface area contributed by atoms with E-state index in [9.17, 15) is 4.39 Å². The van der Waals surface area contributed by atoms with E-state index >= 15 is 0 Å². The van der Waals surface area contributed by atoms with Crippen LogP contribution in [-0.4, -0.2) is 32.4 Å². The first-order valence-corrected chi connectivity index (χ1v) is 4.45. The lowest BCUT2D eigenvalue weighted by Gasteiger charge is -1.86. The van der Waals surface area contributed by atoms with Crippen molar-refractivity contribution >= 4 is 0 Å². The van der Waals surface area contributed by atoms with E-state index < -0.39 is 6.17 Å². The molecule has 66 valence electrons. The first-order valence-electron chi connectivity index (χ1n) is 4.45. The summed E-state index contributed by atoms with van der Waals surface area (Å²) in [6, 6.07) is 0. The van der Waals surface area contributed by atoms with Crippen molar-refractivity contribution < 1.29 is 4.39 Å². The molecule has 3 heteroatoms. The smallest absolute Gasteiger partial charge is 0.114 e. The summed E-state index contributed by atoms with van der Waals surface area (Å²) in [4.78, 5) is 0. The molecule has 2 rings (SSSR count). The summed E-state index contributed by atoms with van der Waals surface area (Å²) in [5.41, 5.74) is 0. The highest BCUT2D eigenvalue weighted by Gasteiger charge is 2.10. The molecule has 0 aromatic heterocycles. The van der Waals surface area contributed by atoms with Gasteiger partial charge in [-0.1, -0.05) is 0 Å². The van der Waals surface area contributed by atoms with E-state index in [-0.39, 0.29) is 0 Å². The van der Waals surface area contributed by atoms with Gasteiger partial charge in [-0.25, -0.2) is 4.39 Å². The highest BCUT2D eigenvalue weighted by molar-refractivity contribution is 4.68. The van der Waals surface area contributed by atoms with Gasteiger partial charge >= 0.3 is 0 Å². The molecule has 0 bridgehead atoms. The minimum atomic E-state index is -0.565. The van der Waals surface area contributed by atoms with E-state index in [0.717, 1.165) is 6.54 Å².